The highest BCUT2D eigenvalue weighted by Gasteiger charge is 2.10. The van der Waals surface area contributed by atoms with E-state index in [4.69, 9.17) is 14.4 Å². The van der Waals surface area contributed by atoms with Crippen molar-refractivity contribution < 1.29 is 23.5 Å². The summed E-state index contributed by atoms with van der Waals surface area (Å²) in [5.74, 6) is 0.792. The molecule has 0 bridgehead atoms. The smallest absolute Gasteiger partial charge is 0.491 e. The van der Waals surface area contributed by atoms with Gasteiger partial charge >= 0.3 is 8.25 Å². The molecule has 0 aliphatic rings. The van der Waals surface area contributed by atoms with Gasteiger partial charge in [0, 0.05) is 4.57 Å². The van der Waals surface area contributed by atoms with Crippen LogP contribution in [0.25, 0.3) is 0 Å². The van der Waals surface area contributed by atoms with Crippen LogP contribution in [0.4, 0.5) is 0 Å². The van der Waals surface area contributed by atoms with Gasteiger partial charge in [-0.1, -0.05) is 18.2 Å². The first-order valence-corrected chi connectivity index (χ1v) is 5.96. The summed E-state index contributed by atoms with van der Waals surface area (Å²) < 4.78 is 25.0. The third-order valence-corrected chi connectivity index (χ3v) is 2.07. The summed E-state index contributed by atoms with van der Waals surface area (Å²) in [5.41, 5.74) is 0. The number of rotatable bonds is 8. The monoisotopic (exact) mass is 245 g/mol. The van der Waals surface area contributed by atoms with E-state index in [0.717, 1.165) is 5.75 Å². The number of ether oxygens (including phenoxy) is 2. The van der Waals surface area contributed by atoms with E-state index in [1.54, 1.807) is 0 Å². The van der Waals surface area contributed by atoms with Crippen molar-refractivity contribution >= 4 is 8.25 Å². The summed E-state index contributed by atoms with van der Waals surface area (Å²) in [6.07, 6.45) is 0. The molecule has 0 aliphatic carbocycles. The topological polar surface area (TPSA) is 65.0 Å². The van der Waals surface area contributed by atoms with Gasteiger partial charge in [-0.3, -0.25) is 0 Å². The lowest BCUT2D eigenvalue weighted by atomic mass is 10.3. The van der Waals surface area contributed by atoms with Crippen LogP contribution in [-0.4, -0.2) is 31.3 Å². The van der Waals surface area contributed by atoms with Crippen molar-refractivity contribution in [2.75, 3.05) is 26.4 Å². The van der Waals surface area contributed by atoms with E-state index in [1.807, 2.05) is 30.3 Å². The molecule has 1 aromatic rings. The van der Waals surface area contributed by atoms with Gasteiger partial charge < -0.3 is 9.47 Å². The summed E-state index contributed by atoms with van der Waals surface area (Å²) in [6.45, 7) is 1.24. The fraction of sp³-hybridized carbons (Fsp3) is 0.400. The van der Waals surface area contributed by atoms with Crippen molar-refractivity contribution in [2.45, 2.75) is 0 Å². The molecule has 1 aromatic carbocycles. The lowest BCUT2D eigenvalue weighted by Crippen LogP contribution is -2.09. The van der Waals surface area contributed by atoms with Gasteiger partial charge in [-0.25, -0.2) is 0 Å². The Balaban J connectivity index is 1.94. The molecule has 1 unspecified atom stereocenters. The average Bonchev–Trinajstić information content (AvgIpc) is 2.29. The van der Waals surface area contributed by atoms with Crippen molar-refractivity contribution in [3.8, 4) is 5.75 Å². The van der Waals surface area contributed by atoms with Gasteiger partial charge in [0.25, 0.3) is 0 Å². The molecule has 0 radical (unpaired) electrons. The SMILES string of the molecule is O=[P+](O)OCCOCCOc1ccccc1. The zero-order chi connectivity index (χ0) is 11.6. The zero-order valence-corrected chi connectivity index (χ0v) is 9.64. The Morgan fingerprint density at radius 3 is 2.44 bits per heavy atom. The van der Waals surface area contributed by atoms with Crippen LogP contribution >= 0.6 is 8.25 Å². The second kappa shape index (κ2) is 8.19. The Kier molecular flexibility index (Phi) is 6.69. The first kappa shape index (κ1) is 13.1. The van der Waals surface area contributed by atoms with Crippen molar-refractivity contribution in [1.29, 1.82) is 0 Å². The minimum absolute atomic E-state index is 0.108. The average molecular weight is 245 g/mol. The van der Waals surface area contributed by atoms with Crippen molar-refractivity contribution in [2.24, 2.45) is 0 Å². The molecule has 1 atom stereocenters. The highest BCUT2D eigenvalue weighted by molar-refractivity contribution is 7.32. The van der Waals surface area contributed by atoms with Gasteiger partial charge in [-0.15, -0.1) is 9.42 Å². The predicted octanol–water partition coefficient (Wildman–Crippen LogP) is 1.75. The van der Waals surface area contributed by atoms with Gasteiger partial charge in [0.05, 0.1) is 13.2 Å². The van der Waals surface area contributed by atoms with E-state index < -0.39 is 8.25 Å². The second-order valence-corrected chi connectivity index (χ2v) is 3.58. The molecule has 5 nitrogen and oxygen atoms in total. The van der Waals surface area contributed by atoms with Crippen LogP contribution in [-0.2, 0) is 13.8 Å². The minimum atomic E-state index is -2.52. The molecular formula is C10H14O5P+. The molecule has 0 amide bonds. The number of hydrogen-bond donors (Lipinski definition) is 1. The van der Waals surface area contributed by atoms with Crippen LogP contribution < -0.4 is 4.74 Å². The Morgan fingerprint density at radius 2 is 1.75 bits per heavy atom. The molecule has 0 aliphatic heterocycles. The molecule has 88 valence electrons. The first-order valence-electron chi connectivity index (χ1n) is 4.83. The molecule has 6 heteroatoms. The fourth-order valence-electron chi connectivity index (χ4n) is 1.01. The van der Waals surface area contributed by atoms with Gasteiger partial charge in [0.15, 0.2) is 0 Å². The van der Waals surface area contributed by atoms with Crippen LogP contribution in [0.5, 0.6) is 5.75 Å². The Hall–Kier alpha value is -1.00. The molecular weight excluding hydrogens is 231 g/mol. The molecule has 0 aromatic heterocycles. The number of para-hydroxylation sites is 1. The minimum Gasteiger partial charge on any atom is -0.491 e. The van der Waals surface area contributed by atoms with Gasteiger partial charge in [-0.2, -0.15) is 0 Å². The molecule has 0 spiro atoms. The third-order valence-electron chi connectivity index (χ3n) is 1.67. The standard InChI is InChI=1S/C10H13O5P/c11-16(12)15-9-7-13-6-8-14-10-4-2-1-3-5-10/h1-5H,6-9H2/p+1. The molecule has 0 saturated heterocycles. The normalized spacial score (nSPS) is 11.2. The predicted molar refractivity (Wildman–Crippen MR) is 58.5 cm³/mol. The summed E-state index contributed by atoms with van der Waals surface area (Å²) in [7, 11) is -2.52. The van der Waals surface area contributed by atoms with E-state index in [0.29, 0.717) is 13.2 Å². The lowest BCUT2D eigenvalue weighted by Gasteiger charge is -2.05. The molecule has 0 saturated carbocycles. The van der Waals surface area contributed by atoms with Crippen LogP contribution in [0, 0.1) is 0 Å². The number of benzene rings is 1. The van der Waals surface area contributed by atoms with Gasteiger partial charge in [0.1, 0.15) is 19.0 Å². The maximum absolute atomic E-state index is 10.1. The van der Waals surface area contributed by atoms with E-state index in [2.05, 4.69) is 4.52 Å². The van der Waals surface area contributed by atoms with Crippen molar-refractivity contribution in [3.63, 3.8) is 0 Å². The summed E-state index contributed by atoms with van der Waals surface area (Å²) in [4.78, 5) is 8.31. The van der Waals surface area contributed by atoms with Crippen LogP contribution in [0.3, 0.4) is 0 Å². The van der Waals surface area contributed by atoms with E-state index in [9.17, 15) is 4.57 Å². The van der Waals surface area contributed by atoms with E-state index >= 15 is 0 Å². The quantitative estimate of drug-likeness (QED) is 0.558. The molecule has 0 heterocycles. The van der Waals surface area contributed by atoms with Crippen molar-refractivity contribution in [3.05, 3.63) is 30.3 Å². The highest BCUT2D eigenvalue weighted by atomic mass is 31.1. The maximum Gasteiger partial charge on any atom is 0.694 e. The summed E-state index contributed by atoms with van der Waals surface area (Å²) >= 11 is 0. The van der Waals surface area contributed by atoms with Gasteiger partial charge in [0.2, 0.25) is 0 Å². The van der Waals surface area contributed by atoms with E-state index in [-0.39, 0.29) is 13.2 Å². The van der Waals surface area contributed by atoms with Crippen LogP contribution in [0.15, 0.2) is 30.3 Å². The molecule has 1 rings (SSSR count). The fourth-order valence-corrected chi connectivity index (χ4v) is 1.24. The zero-order valence-electron chi connectivity index (χ0n) is 8.74. The maximum atomic E-state index is 10.1. The van der Waals surface area contributed by atoms with Crippen LogP contribution in [0.1, 0.15) is 0 Å². The second-order valence-electron chi connectivity index (χ2n) is 2.84. The third kappa shape index (κ3) is 6.48. The van der Waals surface area contributed by atoms with Crippen LogP contribution in [0.2, 0.25) is 0 Å². The lowest BCUT2D eigenvalue weighted by molar-refractivity contribution is 0.0755. The Labute approximate surface area is 94.9 Å². The molecule has 0 fully saturated rings. The Bertz CT molecular complexity index is 303. The Morgan fingerprint density at radius 1 is 1.06 bits per heavy atom. The highest BCUT2D eigenvalue weighted by Crippen LogP contribution is 2.13. The van der Waals surface area contributed by atoms with Crippen molar-refractivity contribution in [1.82, 2.24) is 0 Å². The largest absolute Gasteiger partial charge is 0.694 e. The van der Waals surface area contributed by atoms with Gasteiger partial charge in [-0.05, 0) is 12.1 Å². The molecule has 16 heavy (non-hydrogen) atoms. The summed E-state index contributed by atoms with van der Waals surface area (Å²) in [5, 5.41) is 0. The number of hydrogen-bond acceptors (Lipinski definition) is 4. The first-order chi connectivity index (χ1) is 7.79. The molecule has 1 N–H and O–H groups in total. The van der Waals surface area contributed by atoms with E-state index in [1.165, 1.54) is 0 Å². The summed E-state index contributed by atoms with van der Waals surface area (Å²) in [6, 6.07) is 9.42.